The Balaban J connectivity index is 1.70. The van der Waals surface area contributed by atoms with E-state index in [0.29, 0.717) is 48.4 Å². The molecule has 4 rings (SSSR count). The Morgan fingerprint density at radius 2 is 1.77 bits per heavy atom. The zero-order chi connectivity index (χ0) is 21.4. The van der Waals surface area contributed by atoms with E-state index < -0.39 is 5.97 Å². The number of hydrogen-bond acceptors (Lipinski definition) is 4. The number of nitrogens with one attached hydrogen (secondary N) is 1. The van der Waals surface area contributed by atoms with Crippen molar-refractivity contribution in [1.82, 2.24) is 19.1 Å². The summed E-state index contributed by atoms with van der Waals surface area (Å²) in [5.41, 5.74) is 0.321. The smallest absolute Gasteiger partial charge is 0.332 e. The molecule has 0 amide bonds. The fourth-order valence-corrected chi connectivity index (χ4v) is 5.53. The molecule has 30 heavy (non-hydrogen) atoms. The van der Waals surface area contributed by atoms with Gasteiger partial charge >= 0.3 is 11.7 Å². The highest BCUT2D eigenvalue weighted by Gasteiger charge is 2.42. The van der Waals surface area contributed by atoms with Gasteiger partial charge in [0.2, 0.25) is 0 Å². The average Bonchev–Trinajstić information content (AvgIpc) is 3.25. The number of hydrogen-bond donors (Lipinski definition) is 2. The molecule has 8 heteroatoms. The lowest BCUT2D eigenvalue weighted by molar-refractivity contribution is -0.131. The Hall–Kier alpha value is -2.64. The SMILES string of the molecule is CCCn1c(=O)c2[nH]c(C3CC4CCC(C3)C4/C=C/C(=O)O)nc2n(CCC)c1=O. The molecule has 2 aliphatic carbocycles. The van der Waals surface area contributed by atoms with Crippen molar-refractivity contribution >= 4 is 17.1 Å². The summed E-state index contributed by atoms with van der Waals surface area (Å²) in [7, 11) is 0. The van der Waals surface area contributed by atoms with Crippen LogP contribution in [0.2, 0.25) is 0 Å². The van der Waals surface area contributed by atoms with E-state index in [0.717, 1.165) is 37.9 Å². The molecule has 2 N–H and O–H groups in total. The Labute approximate surface area is 174 Å². The quantitative estimate of drug-likeness (QED) is 0.677. The number of aromatic nitrogens is 4. The van der Waals surface area contributed by atoms with E-state index in [9.17, 15) is 14.4 Å². The predicted octanol–water partition coefficient (Wildman–Crippen LogP) is 2.87. The van der Waals surface area contributed by atoms with Gasteiger partial charge in [0, 0.05) is 25.1 Å². The van der Waals surface area contributed by atoms with Gasteiger partial charge in [0.15, 0.2) is 5.65 Å². The molecule has 2 unspecified atom stereocenters. The predicted molar refractivity (Wildman–Crippen MR) is 114 cm³/mol. The molecule has 0 aliphatic heterocycles. The van der Waals surface area contributed by atoms with Crippen LogP contribution in [0.15, 0.2) is 21.7 Å². The van der Waals surface area contributed by atoms with Crippen LogP contribution in [0.4, 0.5) is 0 Å². The van der Waals surface area contributed by atoms with Crippen molar-refractivity contribution in [3.05, 3.63) is 38.8 Å². The standard InChI is InChI=1S/C22H30N4O4/c1-3-9-25-20-18(21(29)26(10-4-2)22(25)30)23-19(24-20)15-11-13-5-6-14(12-15)16(13)7-8-17(27)28/h7-8,13-16H,3-6,9-12H2,1-2H3,(H,23,24)(H,27,28)/b8-7+. The van der Waals surface area contributed by atoms with Crippen LogP contribution in [-0.2, 0) is 17.9 Å². The van der Waals surface area contributed by atoms with Crippen LogP contribution < -0.4 is 11.2 Å². The van der Waals surface area contributed by atoms with Crippen LogP contribution in [0.5, 0.6) is 0 Å². The zero-order valence-corrected chi connectivity index (χ0v) is 17.6. The van der Waals surface area contributed by atoms with E-state index >= 15 is 0 Å². The lowest BCUT2D eigenvalue weighted by atomic mass is 9.73. The molecule has 0 aromatic carbocycles. The van der Waals surface area contributed by atoms with Crippen molar-refractivity contribution in [2.75, 3.05) is 0 Å². The van der Waals surface area contributed by atoms with Gasteiger partial charge in [-0.2, -0.15) is 0 Å². The molecule has 0 radical (unpaired) electrons. The molecule has 0 saturated heterocycles. The minimum Gasteiger partial charge on any atom is -0.478 e. The number of H-pyrrole nitrogens is 1. The molecule has 2 bridgehead atoms. The molecule has 2 heterocycles. The second kappa shape index (κ2) is 8.24. The monoisotopic (exact) mass is 414 g/mol. The van der Waals surface area contributed by atoms with Gasteiger partial charge in [-0.15, -0.1) is 0 Å². The van der Waals surface area contributed by atoms with E-state index in [2.05, 4.69) is 4.98 Å². The molecule has 8 nitrogen and oxygen atoms in total. The molecule has 2 saturated carbocycles. The maximum atomic E-state index is 12.9. The van der Waals surface area contributed by atoms with E-state index in [4.69, 9.17) is 10.1 Å². The molecule has 2 aromatic heterocycles. The van der Waals surface area contributed by atoms with Crippen molar-refractivity contribution in [3.8, 4) is 0 Å². The van der Waals surface area contributed by atoms with Gasteiger partial charge in [-0.05, 0) is 56.3 Å². The molecule has 2 fully saturated rings. The highest BCUT2D eigenvalue weighted by molar-refractivity contribution is 5.79. The lowest BCUT2D eigenvalue weighted by Gasteiger charge is -2.32. The Morgan fingerprint density at radius 3 is 2.37 bits per heavy atom. The van der Waals surface area contributed by atoms with Gasteiger partial charge in [-0.3, -0.25) is 13.9 Å². The molecular formula is C22H30N4O4. The number of rotatable bonds is 7. The average molecular weight is 415 g/mol. The second-order valence-electron chi connectivity index (χ2n) is 8.75. The van der Waals surface area contributed by atoms with Crippen LogP contribution in [-0.4, -0.2) is 30.2 Å². The minimum atomic E-state index is -0.897. The number of carboxylic acids is 1. The molecular weight excluding hydrogens is 384 g/mol. The van der Waals surface area contributed by atoms with Crippen molar-refractivity contribution in [1.29, 1.82) is 0 Å². The Bertz CT molecular complexity index is 1080. The third-order valence-electron chi connectivity index (χ3n) is 6.79. The first kappa shape index (κ1) is 20.6. The van der Waals surface area contributed by atoms with Gasteiger partial charge in [-0.1, -0.05) is 19.9 Å². The van der Waals surface area contributed by atoms with Crippen LogP contribution in [0.1, 0.15) is 64.1 Å². The summed E-state index contributed by atoms with van der Waals surface area (Å²) in [4.78, 5) is 44.8. The summed E-state index contributed by atoms with van der Waals surface area (Å²) < 4.78 is 2.94. The molecule has 2 atom stereocenters. The van der Waals surface area contributed by atoms with Gasteiger partial charge in [-0.25, -0.2) is 14.6 Å². The van der Waals surface area contributed by atoms with E-state index in [-0.39, 0.29) is 17.2 Å². The largest absolute Gasteiger partial charge is 0.478 e. The summed E-state index contributed by atoms with van der Waals surface area (Å²) in [6.07, 6.45) is 8.68. The fraction of sp³-hybridized carbons (Fsp3) is 0.636. The first-order valence-electron chi connectivity index (χ1n) is 11.1. The number of fused-ring (bicyclic) bond motifs is 3. The summed E-state index contributed by atoms with van der Waals surface area (Å²) >= 11 is 0. The maximum absolute atomic E-state index is 12.9. The third kappa shape index (κ3) is 3.52. The van der Waals surface area contributed by atoms with Crippen molar-refractivity contribution in [2.45, 2.75) is 71.4 Å². The fourth-order valence-electron chi connectivity index (χ4n) is 5.53. The van der Waals surface area contributed by atoms with Crippen LogP contribution >= 0.6 is 0 Å². The number of imidazole rings is 1. The van der Waals surface area contributed by atoms with Crippen LogP contribution in [0.3, 0.4) is 0 Å². The van der Waals surface area contributed by atoms with Gasteiger partial charge in [0.25, 0.3) is 5.56 Å². The highest BCUT2D eigenvalue weighted by atomic mass is 16.4. The van der Waals surface area contributed by atoms with E-state index in [1.54, 1.807) is 4.57 Å². The highest BCUT2D eigenvalue weighted by Crippen LogP contribution is 2.52. The Kier molecular flexibility index (Phi) is 5.66. The summed E-state index contributed by atoms with van der Waals surface area (Å²) in [5, 5.41) is 8.97. The minimum absolute atomic E-state index is 0.202. The molecule has 2 aliphatic rings. The van der Waals surface area contributed by atoms with E-state index in [1.165, 1.54) is 10.6 Å². The number of aryl methyl sites for hydroxylation is 1. The number of nitrogens with zero attached hydrogens (tertiary/aromatic N) is 3. The summed E-state index contributed by atoms with van der Waals surface area (Å²) in [6, 6.07) is 0. The number of allylic oxidation sites excluding steroid dienone is 1. The zero-order valence-electron chi connectivity index (χ0n) is 17.6. The summed E-state index contributed by atoms with van der Waals surface area (Å²) in [6.45, 7) is 4.88. The van der Waals surface area contributed by atoms with Crippen molar-refractivity contribution < 1.29 is 9.90 Å². The van der Waals surface area contributed by atoms with Gasteiger partial charge < -0.3 is 10.1 Å². The molecule has 162 valence electrons. The Morgan fingerprint density at radius 1 is 1.13 bits per heavy atom. The number of carboxylic acid groups (broad SMARTS) is 1. The normalized spacial score (nSPS) is 26.1. The first-order chi connectivity index (χ1) is 14.4. The van der Waals surface area contributed by atoms with Crippen LogP contribution in [0.25, 0.3) is 11.2 Å². The number of carbonyl (C=O) groups is 1. The topological polar surface area (TPSA) is 110 Å². The maximum Gasteiger partial charge on any atom is 0.332 e. The summed E-state index contributed by atoms with van der Waals surface area (Å²) in [5.74, 6) is 1.28. The molecule has 0 spiro atoms. The van der Waals surface area contributed by atoms with Crippen molar-refractivity contribution in [3.63, 3.8) is 0 Å². The number of aromatic amines is 1. The third-order valence-corrected chi connectivity index (χ3v) is 6.79. The van der Waals surface area contributed by atoms with Gasteiger partial charge in [0.05, 0.1) is 0 Å². The van der Waals surface area contributed by atoms with Crippen LogP contribution in [0, 0.1) is 17.8 Å². The second-order valence-corrected chi connectivity index (χ2v) is 8.75. The van der Waals surface area contributed by atoms with Crippen molar-refractivity contribution in [2.24, 2.45) is 17.8 Å². The lowest BCUT2D eigenvalue weighted by Crippen LogP contribution is -2.40. The van der Waals surface area contributed by atoms with Gasteiger partial charge in [0.1, 0.15) is 11.3 Å². The number of aliphatic carboxylic acids is 1. The molecule has 2 aromatic rings. The first-order valence-corrected chi connectivity index (χ1v) is 11.1. The van der Waals surface area contributed by atoms with E-state index in [1.807, 2.05) is 19.9 Å².